The summed E-state index contributed by atoms with van der Waals surface area (Å²) in [6.07, 6.45) is 11.9. The molecule has 3 rings (SSSR count). The van der Waals surface area contributed by atoms with Gasteiger partial charge < -0.3 is 18.9 Å². The fraction of sp³-hybridized carbons (Fsp3) is 0.600. The lowest BCUT2D eigenvalue weighted by molar-refractivity contribution is -0.157. The van der Waals surface area contributed by atoms with Gasteiger partial charge in [-0.05, 0) is 93.0 Å². The van der Waals surface area contributed by atoms with Gasteiger partial charge in [0.25, 0.3) is 0 Å². The zero-order valence-electron chi connectivity index (χ0n) is 25.5. The number of rotatable bonds is 19. The van der Waals surface area contributed by atoms with Crippen LogP contribution in [-0.4, -0.2) is 37.4 Å². The molecule has 2 aromatic rings. The molecule has 1 saturated carbocycles. The van der Waals surface area contributed by atoms with E-state index >= 15 is 0 Å². The number of hydrogen-bond acceptors (Lipinski definition) is 6. The molecular formula is C35H49FO6. The average molecular weight is 585 g/mol. The molecule has 1 atom stereocenters. The standard InChI is InChI=1S/C35H49FO6/c1-3-5-7-8-9-10-11-25-39-29-19-15-28(16-20-29)34(37)41-32-23-21-30(22-24-32)40-26-27-13-17-31(18-14-27)42-35(38)33(36)12-6-4-2/h15-16,19-24,27,31,33H,3-14,17-18,25-26H2,1-2H3/t27-,31-,33-/m0/s1. The quantitative estimate of drug-likeness (QED) is 0.0932. The Morgan fingerprint density at radius 2 is 1.31 bits per heavy atom. The summed E-state index contributed by atoms with van der Waals surface area (Å²) in [5.74, 6) is 1.10. The summed E-state index contributed by atoms with van der Waals surface area (Å²) in [6.45, 7) is 5.43. The lowest BCUT2D eigenvalue weighted by Gasteiger charge is -2.28. The summed E-state index contributed by atoms with van der Waals surface area (Å²) >= 11 is 0. The molecule has 1 fully saturated rings. The SMILES string of the molecule is CCCCCCCCCOc1ccc(C(=O)Oc2ccc(OC[C@H]3CC[C@H](OC(=O)[C@@H](F)CCCC)CC3)cc2)cc1. The highest BCUT2D eigenvalue weighted by atomic mass is 19.1. The van der Waals surface area contributed by atoms with Gasteiger partial charge in [-0.1, -0.05) is 65.2 Å². The molecule has 0 radical (unpaired) electrons. The van der Waals surface area contributed by atoms with Gasteiger partial charge in [0.15, 0.2) is 6.17 Å². The first-order valence-corrected chi connectivity index (χ1v) is 16.0. The van der Waals surface area contributed by atoms with Crippen molar-refractivity contribution >= 4 is 11.9 Å². The van der Waals surface area contributed by atoms with E-state index in [0.717, 1.165) is 44.3 Å². The van der Waals surface area contributed by atoms with E-state index in [0.29, 0.717) is 42.6 Å². The van der Waals surface area contributed by atoms with Crippen molar-refractivity contribution in [2.24, 2.45) is 5.92 Å². The number of carbonyl (C=O) groups excluding carboxylic acids is 2. The number of benzene rings is 2. The van der Waals surface area contributed by atoms with Crippen molar-refractivity contribution < 1.29 is 32.9 Å². The van der Waals surface area contributed by atoms with Crippen molar-refractivity contribution in [2.75, 3.05) is 13.2 Å². The second-order valence-corrected chi connectivity index (χ2v) is 11.4. The molecule has 0 aromatic heterocycles. The molecule has 0 unspecified atom stereocenters. The topological polar surface area (TPSA) is 71.1 Å². The van der Waals surface area contributed by atoms with E-state index in [1.54, 1.807) is 48.5 Å². The molecule has 1 aliphatic rings. The molecule has 232 valence electrons. The summed E-state index contributed by atoms with van der Waals surface area (Å²) in [6, 6.07) is 14.1. The van der Waals surface area contributed by atoms with Crippen LogP contribution >= 0.6 is 0 Å². The van der Waals surface area contributed by atoms with Crippen molar-refractivity contribution in [3.8, 4) is 17.2 Å². The Balaban J connectivity index is 1.31. The Labute approximate surface area is 251 Å². The maximum absolute atomic E-state index is 13.9. The van der Waals surface area contributed by atoms with Gasteiger partial charge in [-0.15, -0.1) is 0 Å². The van der Waals surface area contributed by atoms with E-state index in [9.17, 15) is 14.0 Å². The lowest BCUT2D eigenvalue weighted by Crippen LogP contribution is -2.30. The number of alkyl halides is 1. The van der Waals surface area contributed by atoms with Crippen LogP contribution in [0.2, 0.25) is 0 Å². The highest BCUT2D eigenvalue weighted by molar-refractivity contribution is 5.91. The molecule has 0 saturated heterocycles. The van der Waals surface area contributed by atoms with E-state index < -0.39 is 18.1 Å². The molecule has 0 amide bonds. The summed E-state index contributed by atoms with van der Waals surface area (Å²) < 4.78 is 36.5. The molecule has 7 heteroatoms. The van der Waals surface area contributed by atoms with Crippen LogP contribution in [0.25, 0.3) is 0 Å². The van der Waals surface area contributed by atoms with Crippen molar-refractivity contribution in [1.82, 2.24) is 0 Å². The predicted octanol–water partition coefficient (Wildman–Crippen LogP) is 9.04. The highest BCUT2D eigenvalue weighted by Crippen LogP contribution is 2.28. The third-order valence-corrected chi connectivity index (χ3v) is 7.77. The summed E-state index contributed by atoms with van der Waals surface area (Å²) in [5, 5.41) is 0. The molecule has 1 aliphatic carbocycles. The molecule has 0 spiro atoms. The van der Waals surface area contributed by atoms with E-state index in [1.165, 1.54) is 38.5 Å². The molecule has 2 aromatic carbocycles. The van der Waals surface area contributed by atoms with Crippen LogP contribution in [0.15, 0.2) is 48.5 Å². The Hall–Kier alpha value is -3.09. The molecule has 6 nitrogen and oxygen atoms in total. The fourth-order valence-electron chi connectivity index (χ4n) is 5.08. The minimum absolute atomic E-state index is 0.207. The number of ether oxygens (including phenoxy) is 4. The number of esters is 2. The number of carbonyl (C=O) groups is 2. The van der Waals surface area contributed by atoms with Gasteiger partial charge in [0.2, 0.25) is 0 Å². The monoisotopic (exact) mass is 584 g/mol. The maximum atomic E-state index is 13.9. The van der Waals surface area contributed by atoms with Crippen LogP contribution in [0.3, 0.4) is 0 Å². The maximum Gasteiger partial charge on any atom is 0.343 e. The largest absolute Gasteiger partial charge is 0.494 e. The Morgan fingerprint density at radius 1 is 0.738 bits per heavy atom. The van der Waals surface area contributed by atoms with Gasteiger partial charge >= 0.3 is 11.9 Å². The van der Waals surface area contributed by atoms with Gasteiger partial charge in [-0.2, -0.15) is 0 Å². The third-order valence-electron chi connectivity index (χ3n) is 7.77. The first-order valence-electron chi connectivity index (χ1n) is 16.0. The van der Waals surface area contributed by atoms with E-state index in [4.69, 9.17) is 18.9 Å². The fourth-order valence-corrected chi connectivity index (χ4v) is 5.08. The van der Waals surface area contributed by atoms with Crippen LogP contribution in [0.5, 0.6) is 17.2 Å². The summed E-state index contributed by atoms with van der Waals surface area (Å²) in [4.78, 5) is 24.5. The zero-order chi connectivity index (χ0) is 30.0. The van der Waals surface area contributed by atoms with Crippen molar-refractivity contribution in [3.63, 3.8) is 0 Å². The van der Waals surface area contributed by atoms with Crippen molar-refractivity contribution in [1.29, 1.82) is 0 Å². The average Bonchev–Trinajstić information content (AvgIpc) is 3.01. The van der Waals surface area contributed by atoms with E-state index in [-0.39, 0.29) is 12.5 Å². The molecule has 0 aliphatic heterocycles. The predicted molar refractivity (Wildman–Crippen MR) is 163 cm³/mol. The first-order chi connectivity index (χ1) is 20.5. The molecule has 0 heterocycles. The Kier molecular flexibility index (Phi) is 15.2. The van der Waals surface area contributed by atoms with Gasteiger partial charge in [-0.25, -0.2) is 14.0 Å². The lowest BCUT2D eigenvalue weighted by atomic mass is 9.88. The second-order valence-electron chi connectivity index (χ2n) is 11.4. The van der Waals surface area contributed by atoms with Crippen LogP contribution in [-0.2, 0) is 9.53 Å². The van der Waals surface area contributed by atoms with E-state index in [1.807, 2.05) is 6.92 Å². The highest BCUT2D eigenvalue weighted by Gasteiger charge is 2.27. The normalized spacial score (nSPS) is 17.3. The summed E-state index contributed by atoms with van der Waals surface area (Å²) in [7, 11) is 0. The van der Waals surface area contributed by atoms with Gasteiger partial charge in [0, 0.05) is 0 Å². The van der Waals surface area contributed by atoms with Gasteiger partial charge in [0.05, 0.1) is 18.8 Å². The smallest absolute Gasteiger partial charge is 0.343 e. The van der Waals surface area contributed by atoms with Crippen molar-refractivity contribution in [2.45, 2.75) is 116 Å². The molecule has 0 bridgehead atoms. The Morgan fingerprint density at radius 3 is 1.98 bits per heavy atom. The Bertz CT molecular complexity index is 1030. The number of halogens is 1. The minimum Gasteiger partial charge on any atom is -0.494 e. The molecule has 42 heavy (non-hydrogen) atoms. The van der Waals surface area contributed by atoms with Crippen LogP contribution in [0, 0.1) is 5.92 Å². The first kappa shape index (κ1) is 33.4. The molecular weight excluding hydrogens is 535 g/mol. The zero-order valence-corrected chi connectivity index (χ0v) is 25.5. The summed E-state index contributed by atoms with van der Waals surface area (Å²) in [5.41, 5.74) is 0.461. The second kappa shape index (κ2) is 19.2. The minimum atomic E-state index is -1.52. The van der Waals surface area contributed by atoms with Crippen molar-refractivity contribution in [3.05, 3.63) is 54.1 Å². The third kappa shape index (κ3) is 12.4. The van der Waals surface area contributed by atoms with Crippen LogP contribution in [0.1, 0.15) is 114 Å². The van der Waals surface area contributed by atoms with E-state index in [2.05, 4.69) is 6.92 Å². The van der Waals surface area contributed by atoms with Gasteiger partial charge in [-0.3, -0.25) is 0 Å². The van der Waals surface area contributed by atoms with Gasteiger partial charge in [0.1, 0.15) is 23.4 Å². The van der Waals surface area contributed by atoms with Crippen LogP contribution in [0.4, 0.5) is 4.39 Å². The molecule has 0 N–H and O–H groups in total. The number of unbranched alkanes of at least 4 members (excludes halogenated alkanes) is 7. The number of hydrogen-bond donors (Lipinski definition) is 0. The van der Waals surface area contributed by atoms with Crippen LogP contribution < -0.4 is 14.2 Å².